The number of methoxy groups -OCH3 is 1. The minimum atomic E-state index is -0.165. The van der Waals surface area contributed by atoms with Crippen LogP contribution in [0.4, 0.5) is 0 Å². The summed E-state index contributed by atoms with van der Waals surface area (Å²) in [7, 11) is 1.56. The molecule has 0 aliphatic carbocycles. The molecule has 3 heteroatoms. The predicted molar refractivity (Wildman–Crippen MR) is 77.4 cm³/mol. The molecule has 3 aromatic rings. The van der Waals surface area contributed by atoms with Crippen molar-refractivity contribution in [2.24, 2.45) is 0 Å². The van der Waals surface area contributed by atoms with Gasteiger partial charge in [-0.1, -0.05) is 29.8 Å². The van der Waals surface area contributed by atoms with Gasteiger partial charge in [0.2, 0.25) is 5.78 Å². The molecule has 3 nitrogen and oxygen atoms in total. The predicted octanol–water partition coefficient (Wildman–Crippen LogP) is 3.98. The molecule has 0 bridgehead atoms. The van der Waals surface area contributed by atoms with E-state index >= 15 is 0 Å². The van der Waals surface area contributed by atoms with Crippen LogP contribution in [0, 0.1) is 6.92 Å². The Kier molecular flexibility index (Phi) is 3.03. The summed E-state index contributed by atoms with van der Waals surface area (Å²) in [5.41, 5.74) is 2.24. The molecule has 0 aliphatic rings. The van der Waals surface area contributed by atoms with E-state index in [1.165, 1.54) is 0 Å². The lowest BCUT2D eigenvalue weighted by Gasteiger charge is -2.06. The number of aryl methyl sites for hydroxylation is 1. The van der Waals surface area contributed by atoms with Gasteiger partial charge in [-0.3, -0.25) is 4.79 Å². The molecule has 2 aromatic carbocycles. The summed E-state index contributed by atoms with van der Waals surface area (Å²) >= 11 is 0. The highest BCUT2D eigenvalue weighted by molar-refractivity contribution is 6.10. The molecule has 0 radical (unpaired) electrons. The SMILES string of the molecule is COc1ccc(C)cc1C(=O)c1cc2ccccc2o1. The molecule has 0 saturated heterocycles. The number of para-hydroxylation sites is 1. The molecule has 0 unspecified atom stereocenters. The monoisotopic (exact) mass is 266 g/mol. The third-order valence-electron chi connectivity index (χ3n) is 3.25. The second-order valence-electron chi connectivity index (χ2n) is 4.68. The zero-order valence-electron chi connectivity index (χ0n) is 11.3. The summed E-state index contributed by atoms with van der Waals surface area (Å²) in [6, 6.07) is 14.8. The molecular formula is C17H14O3. The average Bonchev–Trinajstić information content (AvgIpc) is 2.90. The van der Waals surface area contributed by atoms with E-state index in [-0.39, 0.29) is 5.78 Å². The largest absolute Gasteiger partial charge is 0.496 e. The Morgan fingerprint density at radius 1 is 1.10 bits per heavy atom. The molecule has 3 rings (SSSR count). The Hall–Kier alpha value is -2.55. The van der Waals surface area contributed by atoms with Crippen LogP contribution in [0.1, 0.15) is 21.7 Å². The third-order valence-corrected chi connectivity index (χ3v) is 3.25. The van der Waals surface area contributed by atoms with E-state index in [0.29, 0.717) is 22.7 Å². The van der Waals surface area contributed by atoms with Gasteiger partial charge in [0.15, 0.2) is 5.76 Å². The quantitative estimate of drug-likeness (QED) is 0.673. The van der Waals surface area contributed by atoms with Crippen molar-refractivity contribution in [3.63, 3.8) is 0 Å². The van der Waals surface area contributed by atoms with Crippen LogP contribution < -0.4 is 4.74 Å². The summed E-state index contributed by atoms with van der Waals surface area (Å²) in [6.45, 7) is 1.94. The molecule has 20 heavy (non-hydrogen) atoms. The molecule has 0 fully saturated rings. The van der Waals surface area contributed by atoms with E-state index < -0.39 is 0 Å². The Labute approximate surface area is 116 Å². The van der Waals surface area contributed by atoms with E-state index in [0.717, 1.165) is 10.9 Å². The standard InChI is InChI=1S/C17H14O3/c1-11-7-8-15(19-2)13(9-11)17(18)16-10-12-5-3-4-6-14(12)20-16/h3-10H,1-2H3. The summed E-state index contributed by atoms with van der Waals surface area (Å²) in [4.78, 5) is 12.6. The lowest BCUT2D eigenvalue weighted by Crippen LogP contribution is -2.03. The van der Waals surface area contributed by atoms with Crippen LogP contribution >= 0.6 is 0 Å². The Morgan fingerprint density at radius 2 is 1.90 bits per heavy atom. The Balaban J connectivity index is 2.10. The molecule has 0 spiro atoms. The molecule has 0 N–H and O–H groups in total. The van der Waals surface area contributed by atoms with E-state index in [2.05, 4.69) is 0 Å². The number of ether oxygens (including phenoxy) is 1. The first-order valence-corrected chi connectivity index (χ1v) is 6.37. The highest BCUT2D eigenvalue weighted by atomic mass is 16.5. The minimum Gasteiger partial charge on any atom is -0.496 e. The lowest BCUT2D eigenvalue weighted by atomic mass is 10.0. The highest BCUT2D eigenvalue weighted by Crippen LogP contribution is 2.26. The van der Waals surface area contributed by atoms with Crippen LogP contribution in [-0.4, -0.2) is 12.9 Å². The smallest absolute Gasteiger partial charge is 0.231 e. The van der Waals surface area contributed by atoms with Crippen LogP contribution in [0.3, 0.4) is 0 Å². The van der Waals surface area contributed by atoms with E-state index in [1.807, 2.05) is 43.3 Å². The fraction of sp³-hybridized carbons (Fsp3) is 0.118. The van der Waals surface area contributed by atoms with E-state index in [4.69, 9.17) is 9.15 Å². The zero-order chi connectivity index (χ0) is 14.1. The minimum absolute atomic E-state index is 0.165. The maximum absolute atomic E-state index is 12.6. The van der Waals surface area contributed by atoms with Crippen LogP contribution in [-0.2, 0) is 0 Å². The summed E-state index contributed by atoms with van der Waals surface area (Å²) < 4.78 is 10.9. The van der Waals surface area contributed by atoms with Crippen LogP contribution in [0.15, 0.2) is 52.9 Å². The van der Waals surface area contributed by atoms with Gasteiger partial charge < -0.3 is 9.15 Å². The fourth-order valence-corrected chi connectivity index (χ4v) is 2.23. The van der Waals surface area contributed by atoms with Gasteiger partial charge in [-0.2, -0.15) is 0 Å². The van der Waals surface area contributed by atoms with Crippen LogP contribution in [0.5, 0.6) is 5.75 Å². The van der Waals surface area contributed by atoms with E-state index in [9.17, 15) is 4.79 Å². The Morgan fingerprint density at radius 3 is 2.65 bits per heavy atom. The summed E-state index contributed by atoms with van der Waals surface area (Å²) in [5.74, 6) is 0.720. The van der Waals surface area contributed by atoms with Crippen LogP contribution in [0.25, 0.3) is 11.0 Å². The number of furan rings is 1. The van der Waals surface area contributed by atoms with Gasteiger partial charge in [-0.25, -0.2) is 0 Å². The van der Waals surface area contributed by atoms with Crippen molar-refractivity contribution in [3.8, 4) is 5.75 Å². The second kappa shape index (κ2) is 4.85. The van der Waals surface area contributed by atoms with Crippen molar-refractivity contribution in [3.05, 3.63) is 65.4 Å². The third kappa shape index (κ3) is 2.07. The topological polar surface area (TPSA) is 39.4 Å². The average molecular weight is 266 g/mol. The van der Waals surface area contributed by atoms with Crippen molar-refractivity contribution < 1.29 is 13.9 Å². The van der Waals surface area contributed by atoms with Gasteiger partial charge in [-0.05, 0) is 31.2 Å². The van der Waals surface area contributed by atoms with Crippen molar-refractivity contribution in [2.45, 2.75) is 6.92 Å². The van der Waals surface area contributed by atoms with Crippen LogP contribution in [0.2, 0.25) is 0 Å². The summed E-state index contributed by atoms with van der Waals surface area (Å²) in [5, 5.41) is 0.919. The van der Waals surface area contributed by atoms with Crippen molar-refractivity contribution in [1.82, 2.24) is 0 Å². The van der Waals surface area contributed by atoms with Crippen molar-refractivity contribution in [1.29, 1.82) is 0 Å². The number of ketones is 1. The summed E-state index contributed by atoms with van der Waals surface area (Å²) in [6.07, 6.45) is 0. The number of carbonyl (C=O) groups is 1. The van der Waals surface area contributed by atoms with Gasteiger partial charge in [-0.15, -0.1) is 0 Å². The number of hydrogen-bond donors (Lipinski definition) is 0. The van der Waals surface area contributed by atoms with E-state index in [1.54, 1.807) is 19.2 Å². The number of fused-ring (bicyclic) bond motifs is 1. The molecular weight excluding hydrogens is 252 g/mol. The fourth-order valence-electron chi connectivity index (χ4n) is 2.23. The maximum Gasteiger partial charge on any atom is 0.231 e. The molecule has 100 valence electrons. The highest BCUT2D eigenvalue weighted by Gasteiger charge is 2.18. The first-order valence-electron chi connectivity index (χ1n) is 6.37. The Bertz CT molecular complexity index is 751. The van der Waals surface area contributed by atoms with Gasteiger partial charge in [0.05, 0.1) is 12.7 Å². The zero-order valence-corrected chi connectivity index (χ0v) is 11.3. The molecule has 1 aromatic heterocycles. The molecule has 0 saturated carbocycles. The van der Waals surface area contributed by atoms with Crippen molar-refractivity contribution in [2.75, 3.05) is 7.11 Å². The number of carbonyl (C=O) groups excluding carboxylic acids is 1. The molecule has 0 atom stereocenters. The second-order valence-corrected chi connectivity index (χ2v) is 4.68. The first-order chi connectivity index (χ1) is 9.69. The number of benzene rings is 2. The van der Waals surface area contributed by atoms with Crippen molar-refractivity contribution >= 4 is 16.8 Å². The first kappa shape index (κ1) is 12.5. The lowest BCUT2D eigenvalue weighted by molar-refractivity contribution is 0.101. The van der Waals surface area contributed by atoms with Gasteiger partial charge in [0.25, 0.3) is 0 Å². The number of hydrogen-bond acceptors (Lipinski definition) is 3. The maximum atomic E-state index is 12.6. The normalized spacial score (nSPS) is 10.7. The van der Waals surface area contributed by atoms with Gasteiger partial charge in [0, 0.05) is 5.39 Å². The van der Waals surface area contributed by atoms with Gasteiger partial charge in [0.1, 0.15) is 11.3 Å². The molecule has 1 heterocycles. The van der Waals surface area contributed by atoms with Gasteiger partial charge >= 0.3 is 0 Å². The number of rotatable bonds is 3. The molecule has 0 aliphatic heterocycles. The molecule has 0 amide bonds.